The molecular weight excluding hydrogens is 246 g/mol. The van der Waals surface area contributed by atoms with Crippen molar-refractivity contribution in [3.63, 3.8) is 0 Å². The molecule has 100 valence electrons. The van der Waals surface area contributed by atoms with Crippen LogP contribution in [-0.2, 0) is 10.0 Å². The molecule has 1 aromatic carbocycles. The lowest BCUT2D eigenvalue weighted by Crippen LogP contribution is -2.17. The monoisotopic (exact) mass is 267 g/mol. The predicted octanol–water partition coefficient (Wildman–Crippen LogP) is 2.80. The molecule has 1 aliphatic heterocycles. The highest BCUT2D eigenvalue weighted by atomic mass is 32.2. The fraction of sp³-hybridized carbons (Fsp3) is 0.571. The van der Waals surface area contributed by atoms with Crippen molar-refractivity contribution in [3.8, 4) is 0 Å². The molecule has 0 aromatic heterocycles. The van der Waals surface area contributed by atoms with Gasteiger partial charge in [-0.15, -0.1) is 0 Å². The number of hydrogen-bond acceptors (Lipinski definition) is 2. The van der Waals surface area contributed by atoms with Gasteiger partial charge in [0.2, 0.25) is 10.0 Å². The van der Waals surface area contributed by atoms with Gasteiger partial charge in [-0.25, -0.2) is 8.42 Å². The van der Waals surface area contributed by atoms with E-state index in [-0.39, 0.29) is 12.1 Å². The highest BCUT2D eigenvalue weighted by Crippen LogP contribution is 2.41. The van der Waals surface area contributed by atoms with Gasteiger partial charge < -0.3 is 0 Å². The summed E-state index contributed by atoms with van der Waals surface area (Å²) in [6.07, 6.45) is 0.883. The summed E-state index contributed by atoms with van der Waals surface area (Å²) in [7, 11) is -3.30. The average molecular weight is 267 g/mol. The highest BCUT2D eigenvalue weighted by Gasteiger charge is 2.55. The number of aryl methyl sites for hydroxylation is 1. The summed E-state index contributed by atoms with van der Waals surface area (Å²) in [4.78, 5) is 0.412. The van der Waals surface area contributed by atoms with Gasteiger partial charge in [-0.1, -0.05) is 38.5 Å². The molecule has 1 saturated heterocycles. The van der Waals surface area contributed by atoms with E-state index in [1.807, 2.05) is 26.0 Å². The van der Waals surface area contributed by atoms with Crippen LogP contribution in [0.4, 0.5) is 0 Å². The molecule has 4 heteroatoms. The van der Waals surface area contributed by atoms with E-state index in [0.717, 1.165) is 12.0 Å². The lowest BCUT2D eigenvalue weighted by Gasteiger charge is -2.08. The number of sulfonamides is 1. The molecule has 1 fully saturated rings. The van der Waals surface area contributed by atoms with Gasteiger partial charge in [0.05, 0.1) is 4.90 Å². The molecule has 1 unspecified atom stereocenters. The maximum atomic E-state index is 12.5. The minimum atomic E-state index is -3.30. The third kappa shape index (κ3) is 2.19. The Balaban J connectivity index is 2.30. The van der Waals surface area contributed by atoms with Crippen LogP contribution in [0.25, 0.3) is 0 Å². The van der Waals surface area contributed by atoms with Gasteiger partial charge >= 0.3 is 0 Å². The third-order valence-corrected chi connectivity index (χ3v) is 5.56. The highest BCUT2D eigenvalue weighted by molar-refractivity contribution is 7.89. The number of benzene rings is 1. The maximum Gasteiger partial charge on any atom is 0.243 e. The lowest BCUT2D eigenvalue weighted by molar-refractivity contribution is 0.516. The van der Waals surface area contributed by atoms with E-state index in [9.17, 15) is 8.42 Å². The van der Waals surface area contributed by atoms with Gasteiger partial charge in [0.15, 0.2) is 0 Å². The molecule has 1 aromatic rings. The lowest BCUT2D eigenvalue weighted by atomic mass is 10.1. The molecule has 0 amide bonds. The molecule has 18 heavy (non-hydrogen) atoms. The van der Waals surface area contributed by atoms with Crippen LogP contribution < -0.4 is 0 Å². The summed E-state index contributed by atoms with van der Waals surface area (Å²) in [5.74, 6) is 0.371. The zero-order valence-corrected chi connectivity index (χ0v) is 12.2. The smallest absolute Gasteiger partial charge is 0.207 e. The number of rotatable bonds is 4. The molecule has 2 rings (SSSR count). The second-order valence-corrected chi connectivity index (χ2v) is 7.20. The molecular formula is C14H21NO2S. The van der Waals surface area contributed by atoms with Crippen LogP contribution >= 0.6 is 0 Å². The van der Waals surface area contributed by atoms with Gasteiger partial charge in [-0.05, 0) is 31.4 Å². The molecule has 0 aliphatic carbocycles. The van der Waals surface area contributed by atoms with E-state index in [0.29, 0.717) is 10.8 Å². The SMILES string of the molecule is CC[C@@H]1[C@@H](C(C)C)N1S(=O)(=O)c1ccc(C)cc1. The van der Waals surface area contributed by atoms with Crippen molar-refractivity contribution >= 4 is 10.0 Å². The Hall–Kier alpha value is -0.870. The van der Waals surface area contributed by atoms with Gasteiger partial charge in [0.25, 0.3) is 0 Å². The van der Waals surface area contributed by atoms with Crippen molar-refractivity contribution in [1.82, 2.24) is 4.31 Å². The van der Waals surface area contributed by atoms with E-state index in [2.05, 4.69) is 13.8 Å². The third-order valence-electron chi connectivity index (χ3n) is 3.62. The van der Waals surface area contributed by atoms with Crippen LogP contribution in [0.15, 0.2) is 29.2 Å². The largest absolute Gasteiger partial charge is 0.243 e. The minimum absolute atomic E-state index is 0.168. The molecule has 0 radical (unpaired) electrons. The first kappa shape index (κ1) is 13.6. The summed E-state index contributed by atoms with van der Waals surface area (Å²) in [6, 6.07) is 7.45. The van der Waals surface area contributed by atoms with Crippen molar-refractivity contribution in [1.29, 1.82) is 0 Å². The topological polar surface area (TPSA) is 37.1 Å². The van der Waals surface area contributed by atoms with Gasteiger partial charge in [0, 0.05) is 12.1 Å². The van der Waals surface area contributed by atoms with E-state index in [1.54, 1.807) is 16.4 Å². The minimum Gasteiger partial charge on any atom is -0.207 e. The van der Waals surface area contributed by atoms with Crippen molar-refractivity contribution in [3.05, 3.63) is 29.8 Å². The molecule has 1 aliphatic rings. The summed E-state index contributed by atoms with van der Waals surface area (Å²) in [6.45, 7) is 8.17. The molecule has 0 spiro atoms. The Morgan fingerprint density at radius 1 is 1.22 bits per heavy atom. The normalized spacial score (nSPS) is 27.5. The fourth-order valence-corrected chi connectivity index (χ4v) is 4.61. The Bertz CT molecular complexity index is 519. The van der Waals surface area contributed by atoms with Gasteiger partial charge in [-0.2, -0.15) is 4.31 Å². The number of hydrogen-bond donors (Lipinski definition) is 0. The van der Waals surface area contributed by atoms with E-state index in [4.69, 9.17) is 0 Å². The van der Waals surface area contributed by atoms with Gasteiger partial charge in [0.1, 0.15) is 0 Å². The van der Waals surface area contributed by atoms with Crippen LogP contribution in [0.2, 0.25) is 0 Å². The molecule has 0 bridgehead atoms. The van der Waals surface area contributed by atoms with E-state index in [1.165, 1.54) is 0 Å². The fourth-order valence-electron chi connectivity index (χ4n) is 2.61. The first-order chi connectivity index (χ1) is 8.39. The Kier molecular flexibility index (Phi) is 3.52. The Morgan fingerprint density at radius 3 is 2.17 bits per heavy atom. The second kappa shape index (κ2) is 4.67. The summed E-state index contributed by atoms with van der Waals surface area (Å²) in [5, 5.41) is 0. The zero-order valence-electron chi connectivity index (χ0n) is 11.4. The Morgan fingerprint density at radius 2 is 1.78 bits per heavy atom. The van der Waals surface area contributed by atoms with Crippen molar-refractivity contribution in [2.45, 2.75) is 51.1 Å². The van der Waals surface area contributed by atoms with Gasteiger partial charge in [-0.3, -0.25) is 0 Å². The van der Waals surface area contributed by atoms with Crippen molar-refractivity contribution in [2.24, 2.45) is 5.92 Å². The predicted molar refractivity (Wildman–Crippen MR) is 72.9 cm³/mol. The van der Waals surface area contributed by atoms with E-state index < -0.39 is 10.0 Å². The molecule has 1 heterocycles. The van der Waals surface area contributed by atoms with E-state index >= 15 is 0 Å². The van der Waals surface area contributed by atoms with Crippen LogP contribution in [-0.4, -0.2) is 24.8 Å². The molecule has 3 nitrogen and oxygen atoms in total. The Labute approximate surface area is 110 Å². The maximum absolute atomic E-state index is 12.5. The van der Waals surface area contributed by atoms with Crippen LogP contribution in [0.5, 0.6) is 0 Å². The molecule has 3 atom stereocenters. The average Bonchev–Trinajstić information content (AvgIpc) is 3.04. The number of nitrogens with zero attached hydrogens (tertiary/aromatic N) is 1. The first-order valence-electron chi connectivity index (χ1n) is 6.49. The zero-order chi connectivity index (χ0) is 13.5. The summed E-state index contributed by atoms with van der Waals surface area (Å²) in [5.41, 5.74) is 1.08. The van der Waals surface area contributed by atoms with Crippen LogP contribution in [0.1, 0.15) is 32.8 Å². The first-order valence-corrected chi connectivity index (χ1v) is 7.93. The molecule has 0 N–H and O–H groups in total. The summed E-state index contributed by atoms with van der Waals surface area (Å²) < 4.78 is 26.7. The van der Waals surface area contributed by atoms with Crippen molar-refractivity contribution < 1.29 is 8.42 Å². The quantitative estimate of drug-likeness (QED) is 0.787. The standard InChI is InChI=1S/C14H21NO2S/c1-5-13-14(10(2)3)15(13)18(16,17)12-8-6-11(4)7-9-12/h6-10,13-14H,5H2,1-4H3/t13-,14-,15?/m1/s1. The summed E-state index contributed by atoms with van der Waals surface area (Å²) >= 11 is 0. The molecule has 0 saturated carbocycles. The van der Waals surface area contributed by atoms with Crippen molar-refractivity contribution in [2.75, 3.05) is 0 Å². The second-order valence-electron chi connectivity index (χ2n) is 5.36. The van der Waals surface area contributed by atoms with Crippen LogP contribution in [0, 0.1) is 12.8 Å². The van der Waals surface area contributed by atoms with Crippen LogP contribution in [0.3, 0.4) is 0 Å².